The fourth-order valence-electron chi connectivity index (χ4n) is 4.32. The summed E-state index contributed by atoms with van der Waals surface area (Å²) >= 11 is 0. The topological polar surface area (TPSA) is 58.3 Å². The maximum absolute atomic E-state index is 13.0. The summed E-state index contributed by atoms with van der Waals surface area (Å²) in [5.41, 5.74) is 2.18. The average Bonchev–Trinajstić information content (AvgIpc) is 3.09. The Hall–Kier alpha value is -2.29. The van der Waals surface area contributed by atoms with Gasteiger partial charge in [-0.25, -0.2) is 0 Å². The van der Waals surface area contributed by atoms with Gasteiger partial charge in [-0.2, -0.15) is 13.2 Å². The predicted molar refractivity (Wildman–Crippen MR) is 123 cm³/mol. The van der Waals surface area contributed by atoms with Crippen LogP contribution in [0.4, 0.5) is 24.5 Å². The van der Waals surface area contributed by atoms with Gasteiger partial charge in [0.2, 0.25) is 5.91 Å². The zero-order chi connectivity index (χ0) is 21.3. The summed E-state index contributed by atoms with van der Waals surface area (Å²) < 4.78 is 38.4. The lowest BCUT2D eigenvalue weighted by Gasteiger charge is -2.35. The van der Waals surface area contributed by atoms with E-state index in [1.165, 1.54) is 17.8 Å². The highest BCUT2D eigenvalue weighted by Crippen LogP contribution is 2.34. The highest BCUT2D eigenvalue weighted by Gasteiger charge is 2.34. The Bertz CT molecular complexity index is 900. The summed E-state index contributed by atoms with van der Waals surface area (Å²) in [6, 6.07) is 13.1. The van der Waals surface area contributed by atoms with Crippen LogP contribution in [-0.2, 0) is 17.4 Å². The molecule has 0 aliphatic carbocycles. The molecule has 2 saturated heterocycles. The van der Waals surface area contributed by atoms with Crippen molar-refractivity contribution in [2.24, 2.45) is 5.92 Å². The molecule has 2 heterocycles. The van der Waals surface area contributed by atoms with Crippen LogP contribution in [0.25, 0.3) is 0 Å². The first-order valence-corrected chi connectivity index (χ1v) is 10.3. The number of piperazine rings is 1. The second kappa shape index (κ2) is 10.6. The molecular weight excluding hydrogens is 443 g/mol. The molecule has 1 unspecified atom stereocenters. The lowest BCUT2D eigenvalue weighted by Crippen LogP contribution is -2.44. The summed E-state index contributed by atoms with van der Waals surface area (Å²) in [6.07, 6.45) is -3.02. The zero-order valence-corrected chi connectivity index (χ0v) is 18.8. The van der Waals surface area contributed by atoms with Crippen LogP contribution in [0.3, 0.4) is 0 Å². The van der Waals surface area contributed by atoms with E-state index in [1.807, 2.05) is 12.1 Å². The van der Waals surface area contributed by atoms with E-state index in [9.17, 15) is 18.0 Å². The third-order valence-corrected chi connectivity index (χ3v) is 6.12. The van der Waals surface area contributed by atoms with Gasteiger partial charge in [0.1, 0.15) is 0 Å². The summed E-state index contributed by atoms with van der Waals surface area (Å²) in [5.74, 6) is -0.163. The van der Waals surface area contributed by atoms with E-state index in [-0.39, 0.29) is 29.7 Å². The molecular formula is C23H29ClF3N3O2. The van der Waals surface area contributed by atoms with Gasteiger partial charge >= 0.3 is 6.18 Å². The summed E-state index contributed by atoms with van der Waals surface area (Å²) in [4.78, 5) is 19.3. The molecule has 2 N–H and O–H groups in total. The fourth-order valence-corrected chi connectivity index (χ4v) is 4.32. The van der Waals surface area contributed by atoms with Crippen molar-refractivity contribution in [3.63, 3.8) is 0 Å². The predicted octanol–water partition coefficient (Wildman–Crippen LogP) is 3.65. The third kappa shape index (κ3) is 5.54. The van der Waals surface area contributed by atoms with Crippen LogP contribution < -0.4 is 9.80 Å². The van der Waals surface area contributed by atoms with Gasteiger partial charge < -0.3 is 20.2 Å². The molecule has 176 valence electrons. The molecule has 5 nitrogen and oxygen atoms in total. The summed E-state index contributed by atoms with van der Waals surface area (Å²) in [7, 11) is 2.12. The minimum Gasteiger partial charge on any atom is -0.412 e. The molecule has 0 radical (unpaired) electrons. The number of para-hydroxylation sites is 1. The lowest BCUT2D eigenvalue weighted by atomic mass is 9.96. The molecule has 4 rings (SSSR count). The van der Waals surface area contributed by atoms with E-state index in [0.29, 0.717) is 25.1 Å². The molecule has 2 aromatic rings. The number of carbonyl (C=O) groups is 1. The standard InChI is InChI=1S/C23H26F3N3O.ClH.H2O/c1-27-12-14-28(15-13-27)21-5-3-2-4-17(21)16-18-10-11-29(22(18)30)20-8-6-19(7-9-20)23(24,25)26;;/h2-9,18H,10-16H2,1H3;1H;1H2. The SMILES string of the molecule is CN1CCN(c2ccccc2CC2CCN(c3ccc(C(F)(F)F)cc3)C2=O)CC1.Cl.O. The highest BCUT2D eigenvalue weighted by atomic mass is 35.5. The molecule has 2 aromatic carbocycles. The maximum Gasteiger partial charge on any atom is 0.416 e. The fraction of sp³-hybridized carbons (Fsp3) is 0.435. The Kier molecular flexibility index (Phi) is 8.56. The van der Waals surface area contributed by atoms with Crippen molar-refractivity contribution >= 4 is 29.7 Å². The largest absolute Gasteiger partial charge is 0.416 e. The number of halogens is 4. The zero-order valence-electron chi connectivity index (χ0n) is 17.9. The van der Waals surface area contributed by atoms with Gasteiger partial charge in [0.25, 0.3) is 0 Å². The van der Waals surface area contributed by atoms with Crippen LogP contribution in [-0.4, -0.2) is 56.1 Å². The quantitative estimate of drug-likeness (QED) is 0.684. The average molecular weight is 472 g/mol. The van der Waals surface area contributed by atoms with Gasteiger partial charge in [-0.05, 0) is 55.8 Å². The first kappa shape index (κ1) is 26.0. The van der Waals surface area contributed by atoms with Crippen molar-refractivity contribution in [1.29, 1.82) is 0 Å². The third-order valence-electron chi connectivity index (χ3n) is 6.12. The molecule has 0 spiro atoms. The van der Waals surface area contributed by atoms with Crippen molar-refractivity contribution < 1.29 is 23.4 Å². The van der Waals surface area contributed by atoms with Gasteiger partial charge in [0.05, 0.1) is 5.56 Å². The smallest absolute Gasteiger partial charge is 0.412 e. The summed E-state index contributed by atoms with van der Waals surface area (Å²) in [6.45, 7) is 4.48. The molecule has 32 heavy (non-hydrogen) atoms. The van der Waals surface area contributed by atoms with E-state index in [0.717, 1.165) is 43.9 Å². The molecule has 2 fully saturated rings. The molecule has 2 aliphatic heterocycles. The number of benzene rings is 2. The van der Waals surface area contributed by atoms with Gasteiger partial charge in [-0.15, -0.1) is 12.4 Å². The van der Waals surface area contributed by atoms with Crippen molar-refractivity contribution in [3.8, 4) is 0 Å². The number of carbonyl (C=O) groups excluding carboxylic acids is 1. The number of likely N-dealkylation sites (N-methyl/N-ethyl adjacent to an activating group) is 1. The maximum atomic E-state index is 13.0. The molecule has 0 saturated carbocycles. The number of rotatable bonds is 4. The van der Waals surface area contributed by atoms with Crippen LogP contribution >= 0.6 is 12.4 Å². The monoisotopic (exact) mass is 471 g/mol. The number of anilines is 2. The van der Waals surface area contributed by atoms with Gasteiger partial charge in [-0.3, -0.25) is 4.79 Å². The number of hydrogen-bond donors (Lipinski definition) is 0. The van der Waals surface area contributed by atoms with E-state index < -0.39 is 11.7 Å². The number of hydrogen-bond acceptors (Lipinski definition) is 3. The molecule has 0 aromatic heterocycles. The first-order valence-electron chi connectivity index (χ1n) is 10.3. The van der Waals surface area contributed by atoms with E-state index in [4.69, 9.17) is 0 Å². The normalized spacial score (nSPS) is 19.5. The lowest BCUT2D eigenvalue weighted by molar-refractivity contribution is -0.137. The Balaban J connectivity index is 0.00000181. The minimum atomic E-state index is -4.37. The number of alkyl halides is 3. The molecule has 1 atom stereocenters. The molecule has 9 heteroatoms. The van der Waals surface area contributed by atoms with E-state index >= 15 is 0 Å². The van der Waals surface area contributed by atoms with Crippen LogP contribution in [0.1, 0.15) is 17.5 Å². The molecule has 0 bridgehead atoms. The van der Waals surface area contributed by atoms with Gasteiger partial charge in [0, 0.05) is 50.0 Å². The van der Waals surface area contributed by atoms with Crippen LogP contribution in [0.2, 0.25) is 0 Å². The van der Waals surface area contributed by atoms with Crippen molar-refractivity contribution in [2.45, 2.75) is 19.0 Å². The number of amides is 1. The Morgan fingerprint density at radius 1 is 0.938 bits per heavy atom. The van der Waals surface area contributed by atoms with Crippen molar-refractivity contribution in [3.05, 3.63) is 59.7 Å². The Labute approximate surface area is 192 Å². The van der Waals surface area contributed by atoms with Gasteiger partial charge in [-0.1, -0.05) is 18.2 Å². The highest BCUT2D eigenvalue weighted by molar-refractivity contribution is 5.97. The van der Waals surface area contributed by atoms with Crippen LogP contribution in [0, 0.1) is 5.92 Å². The summed E-state index contributed by atoms with van der Waals surface area (Å²) in [5, 5.41) is 0. The van der Waals surface area contributed by atoms with Crippen LogP contribution in [0.15, 0.2) is 48.5 Å². The second-order valence-corrected chi connectivity index (χ2v) is 8.14. The minimum absolute atomic E-state index is 0. The molecule has 1 amide bonds. The Morgan fingerprint density at radius 3 is 2.19 bits per heavy atom. The van der Waals surface area contributed by atoms with Crippen LogP contribution in [0.5, 0.6) is 0 Å². The molecule has 2 aliphatic rings. The van der Waals surface area contributed by atoms with Gasteiger partial charge in [0.15, 0.2) is 0 Å². The second-order valence-electron chi connectivity index (χ2n) is 8.14. The first-order chi connectivity index (χ1) is 14.3. The van der Waals surface area contributed by atoms with E-state index in [2.05, 4.69) is 29.0 Å². The van der Waals surface area contributed by atoms with E-state index in [1.54, 1.807) is 4.90 Å². The van der Waals surface area contributed by atoms with Crippen molar-refractivity contribution in [1.82, 2.24) is 4.90 Å². The number of nitrogens with zero attached hydrogens (tertiary/aromatic N) is 3. The Morgan fingerprint density at radius 2 is 1.56 bits per heavy atom. The van der Waals surface area contributed by atoms with Crippen molar-refractivity contribution in [2.75, 3.05) is 49.6 Å².